The number of fused-ring (bicyclic) bond motifs is 1. The molecule has 0 fully saturated rings. The molecular weight excluding hydrogens is 394 g/mol. The molecule has 1 atom stereocenters. The minimum atomic E-state index is -0.854. The number of hydrogen-bond acceptors (Lipinski definition) is 4. The van der Waals surface area contributed by atoms with Gasteiger partial charge in [-0.2, -0.15) is 5.10 Å². The number of nitrogens with one attached hydrogen (secondary N) is 4. The molecule has 1 aromatic carbocycles. The van der Waals surface area contributed by atoms with Gasteiger partial charge >= 0.3 is 0 Å². The Hall–Kier alpha value is -2.87. The van der Waals surface area contributed by atoms with E-state index in [4.69, 9.17) is 11.6 Å². The van der Waals surface area contributed by atoms with Crippen LogP contribution in [0.4, 0.5) is 0 Å². The summed E-state index contributed by atoms with van der Waals surface area (Å²) in [6.45, 7) is 3.59. The van der Waals surface area contributed by atoms with Crippen molar-refractivity contribution in [3.8, 4) is 0 Å². The van der Waals surface area contributed by atoms with Gasteiger partial charge in [-0.15, -0.1) is 0 Å². The molecule has 2 aromatic rings. The van der Waals surface area contributed by atoms with Crippen LogP contribution in [0.15, 0.2) is 24.3 Å². The van der Waals surface area contributed by atoms with Crippen molar-refractivity contribution in [3.63, 3.8) is 0 Å². The number of hydrogen-bond donors (Lipinski definition) is 4. The highest BCUT2D eigenvalue weighted by Crippen LogP contribution is 2.22. The first-order valence-corrected chi connectivity index (χ1v) is 9.98. The van der Waals surface area contributed by atoms with E-state index in [1.807, 2.05) is 0 Å². The van der Waals surface area contributed by atoms with Crippen molar-refractivity contribution >= 4 is 29.3 Å². The Kier molecular flexibility index (Phi) is 6.53. The van der Waals surface area contributed by atoms with Crippen molar-refractivity contribution < 1.29 is 14.4 Å². The second-order valence-electron chi connectivity index (χ2n) is 7.35. The lowest BCUT2D eigenvalue weighted by atomic mass is 9.96. The molecular formula is C20H24ClN5O3. The third kappa shape index (κ3) is 4.76. The van der Waals surface area contributed by atoms with Crippen LogP contribution in [0.3, 0.4) is 0 Å². The predicted molar refractivity (Wildman–Crippen MR) is 108 cm³/mol. The summed E-state index contributed by atoms with van der Waals surface area (Å²) >= 11 is 6.05. The standard InChI is InChI=1S/C20H24ClN5O3/c1-11(2)16(22-18(27)12-7-3-5-9-14(12)21)19(28)25-26-20(29)17-13-8-4-6-10-15(13)23-24-17/h3,5,7,9,11,16H,4,6,8,10H2,1-2H3,(H,22,27)(H,23,24)(H,25,28)(H,26,29). The number of aromatic nitrogens is 2. The summed E-state index contributed by atoms with van der Waals surface area (Å²) in [6.07, 6.45) is 3.72. The molecule has 29 heavy (non-hydrogen) atoms. The maximum Gasteiger partial charge on any atom is 0.290 e. The van der Waals surface area contributed by atoms with Gasteiger partial charge in [-0.05, 0) is 43.7 Å². The smallest absolute Gasteiger partial charge is 0.290 e. The maximum atomic E-state index is 12.6. The van der Waals surface area contributed by atoms with Crippen LogP contribution in [0.1, 0.15) is 58.8 Å². The molecule has 0 saturated carbocycles. The molecule has 0 bridgehead atoms. The molecule has 0 saturated heterocycles. The van der Waals surface area contributed by atoms with Crippen LogP contribution in [0, 0.1) is 5.92 Å². The number of aromatic amines is 1. The van der Waals surface area contributed by atoms with E-state index in [2.05, 4.69) is 26.4 Å². The molecule has 0 aliphatic heterocycles. The molecule has 0 radical (unpaired) electrons. The number of amides is 3. The van der Waals surface area contributed by atoms with Gasteiger partial charge in [-0.25, -0.2) is 0 Å². The monoisotopic (exact) mass is 417 g/mol. The molecule has 1 unspecified atom stereocenters. The molecule has 3 rings (SSSR count). The Bertz CT molecular complexity index is 925. The predicted octanol–water partition coefficient (Wildman–Crippen LogP) is 2.16. The van der Waals surface area contributed by atoms with Gasteiger partial charge in [0.2, 0.25) is 0 Å². The van der Waals surface area contributed by atoms with Crippen LogP contribution in [0.25, 0.3) is 0 Å². The van der Waals surface area contributed by atoms with Gasteiger partial charge < -0.3 is 5.32 Å². The molecule has 9 heteroatoms. The van der Waals surface area contributed by atoms with Crippen molar-refractivity contribution in [2.45, 2.75) is 45.6 Å². The molecule has 1 aliphatic carbocycles. The summed E-state index contributed by atoms with van der Waals surface area (Å²) in [5.74, 6) is -1.69. The first-order valence-electron chi connectivity index (χ1n) is 9.60. The molecule has 3 amide bonds. The van der Waals surface area contributed by atoms with Gasteiger partial charge in [0, 0.05) is 11.3 Å². The Labute approximate surface area is 173 Å². The van der Waals surface area contributed by atoms with Crippen LogP contribution in [-0.2, 0) is 17.6 Å². The lowest BCUT2D eigenvalue weighted by molar-refractivity contribution is -0.124. The van der Waals surface area contributed by atoms with Crippen LogP contribution in [-0.4, -0.2) is 34.0 Å². The number of H-pyrrole nitrogens is 1. The highest BCUT2D eigenvalue weighted by atomic mass is 35.5. The summed E-state index contributed by atoms with van der Waals surface area (Å²) in [5.41, 5.74) is 7.23. The van der Waals surface area contributed by atoms with Crippen LogP contribution in [0.2, 0.25) is 5.02 Å². The van der Waals surface area contributed by atoms with E-state index in [1.54, 1.807) is 38.1 Å². The van der Waals surface area contributed by atoms with E-state index in [-0.39, 0.29) is 11.5 Å². The lowest BCUT2D eigenvalue weighted by Gasteiger charge is -2.22. The van der Waals surface area contributed by atoms with Crippen molar-refractivity contribution in [1.29, 1.82) is 0 Å². The van der Waals surface area contributed by atoms with Gasteiger partial charge in [0.1, 0.15) is 6.04 Å². The van der Waals surface area contributed by atoms with Crippen molar-refractivity contribution in [2.24, 2.45) is 5.92 Å². The molecule has 1 aromatic heterocycles. The fraction of sp³-hybridized carbons (Fsp3) is 0.400. The van der Waals surface area contributed by atoms with E-state index < -0.39 is 23.8 Å². The lowest BCUT2D eigenvalue weighted by Crippen LogP contribution is -2.54. The molecule has 4 N–H and O–H groups in total. The zero-order valence-corrected chi connectivity index (χ0v) is 17.1. The van der Waals surface area contributed by atoms with E-state index in [0.29, 0.717) is 10.7 Å². The van der Waals surface area contributed by atoms with Crippen molar-refractivity contribution in [1.82, 2.24) is 26.4 Å². The number of carbonyl (C=O) groups is 3. The minimum Gasteiger partial charge on any atom is -0.340 e. The SMILES string of the molecule is CC(C)C(NC(=O)c1ccccc1Cl)C(=O)NNC(=O)c1n[nH]c2c1CCCC2. The van der Waals surface area contributed by atoms with Gasteiger partial charge in [0.25, 0.3) is 17.7 Å². The van der Waals surface area contributed by atoms with E-state index >= 15 is 0 Å². The summed E-state index contributed by atoms with van der Waals surface area (Å²) < 4.78 is 0. The highest BCUT2D eigenvalue weighted by Gasteiger charge is 2.27. The number of benzene rings is 1. The second kappa shape index (κ2) is 9.09. The van der Waals surface area contributed by atoms with Crippen molar-refractivity contribution in [3.05, 3.63) is 51.8 Å². The molecule has 8 nitrogen and oxygen atoms in total. The quantitative estimate of drug-likeness (QED) is 0.558. The Morgan fingerprint density at radius 3 is 2.52 bits per heavy atom. The molecule has 154 valence electrons. The Morgan fingerprint density at radius 2 is 1.79 bits per heavy atom. The largest absolute Gasteiger partial charge is 0.340 e. The normalized spacial score (nSPS) is 14.1. The molecule has 1 heterocycles. The zero-order valence-electron chi connectivity index (χ0n) is 16.3. The van der Waals surface area contributed by atoms with Crippen LogP contribution < -0.4 is 16.2 Å². The highest BCUT2D eigenvalue weighted by molar-refractivity contribution is 6.33. The molecule has 1 aliphatic rings. The van der Waals surface area contributed by atoms with Gasteiger partial charge in [0.05, 0.1) is 10.6 Å². The maximum absolute atomic E-state index is 12.6. The summed E-state index contributed by atoms with van der Waals surface area (Å²) in [4.78, 5) is 37.5. The molecule has 0 spiro atoms. The van der Waals surface area contributed by atoms with Crippen molar-refractivity contribution in [2.75, 3.05) is 0 Å². The average Bonchev–Trinajstić information content (AvgIpc) is 3.14. The van der Waals surface area contributed by atoms with Gasteiger partial charge in [0.15, 0.2) is 5.69 Å². The number of rotatable bonds is 5. The first kappa shape index (κ1) is 20.9. The van der Waals surface area contributed by atoms with Crippen LogP contribution >= 0.6 is 11.6 Å². The zero-order chi connectivity index (χ0) is 21.0. The minimum absolute atomic E-state index is 0.212. The number of halogens is 1. The fourth-order valence-electron chi connectivity index (χ4n) is 3.32. The number of nitrogens with zero attached hydrogens (tertiary/aromatic N) is 1. The first-order chi connectivity index (χ1) is 13.9. The Morgan fingerprint density at radius 1 is 1.07 bits per heavy atom. The van der Waals surface area contributed by atoms with E-state index in [1.165, 1.54) is 0 Å². The van der Waals surface area contributed by atoms with E-state index in [9.17, 15) is 14.4 Å². The number of carbonyl (C=O) groups excluding carboxylic acids is 3. The summed E-state index contributed by atoms with van der Waals surface area (Å²) in [7, 11) is 0. The second-order valence-corrected chi connectivity index (χ2v) is 7.76. The number of hydrazine groups is 1. The summed E-state index contributed by atoms with van der Waals surface area (Å²) in [5, 5.41) is 9.94. The number of aryl methyl sites for hydroxylation is 1. The van der Waals surface area contributed by atoms with E-state index in [0.717, 1.165) is 36.9 Å². The Balaban J connectivity index is 1.62. The third-order valence-corrected chi connectivity index (χ3v) is 5.25. The van der Waals surface area contributed by atoms with Gasteiger partial charge in [-0.3, -0.25) is 30.3 Å². The third-order valence-electron chi connectivity index (χ3n) is 4.92. The fourth-order valence-corrected chi connectivity index (χ4v) is 3.54. The summed E-state index contributed by atoms with van der Waals surface area (Å²) in [6, 6.07) is 5.74. The van der Waals surface area contributed by atoms with Gasteiger partial charge in [-0.1, -0.05) is 37.6 Å². The topological polar surface area (TPSA) is 116 Å². The average molecular weight is 418 g/mol. The van der Waals surface area contributed by atoms with Crippen LogP contribution in [0.5, 0.6) is 0 Å².